The van der Waals surface area contributed by atoms with Crippen LogP contribution in [0.3, 0.4) is 0 Å². The van der Waals surface area contributed by atoms with Crippen molar-refractivity contribution in [2.24, 2.45) is 0 Å². The van der Waals surface area contributed by atoms with Gasteiger partial charge in [-0.15, -0.1) is 0 Å². The molecule has 2 aromatic heterocycles. The van der Waals surface area contributed by atoms with Crippen molar-refractivity contribution in [3.8, 4) is 11.3 Å². The topological polar surface area (TPSA) is 86.4 Å². The van der Waals surface area contributed by atoms with Gasteiger partial charge in [-0.1, -0.05) is 61.7 Å². The molecule has 0 bridgehead atoms. The lowest BCUT2D eigenvalue weighted by molar-refractivity contribution is -0.140. The number of para-hydroxylation sites is 1. The second kappa shape index (κ2) is 15.6. The summed E-state index contributed by atoms with van der Waals surface area (Å²) >= 11 is 0. The summed E-state index contributed by atoms with van der Waals surface area (Å²) in [6.07, 6.45) is 10.2. The first-order valence-corrected chi connectivity index (χ1v) is 15.9. The Morgan fingerprint density at radius 1 is 0.953 bits per heavy atom. The summed E-state index contributed by atoms with van der Waals surface area (Å²) in [6, 6.07) is 22.2. The summed E-state index contributed by atoms with van der Waals surface area (Å²) < 4.78 is 4.75. The van der Waals surface area contributed by atoms with Crippen LogP contribution in [0.1, 0.15) is 63.9 Å². The Kier molecular flexibility index (Phi) is 11.2. The number of nitrogens with zero attached hydrogens (tertiary/aromatic N) is 4. The highest BCUT2D eigenvalue weighted by atomic mass is 16.5. The number of carbonyl (C=O) groups excluding carboxylic acids is 1. The lowest BCUT2D eigenvalue weighted by Crippen LogP contribution is -2.43. The predicted molar refractivity (Wildman–Crippen MR) is 174 cm³/mol. The summed E-state index contributed by atoms with van der Waals surface area (Å²) in [4.78, 5) is 29.0. The molecule has 4 aromatic rings. The number of piperidine rings is 1. The third-order valence-corrected chi connectivity index (χ3v) is 8.57. The zero-order chi connectivity index (χ0) is 29.9. The minimum absolute atomic E-state index is 0.0998. The Labute approximate surface area is 255 Å². The number of aromatic amines is 1. The maximum absolute atomic E-state index is 11.3. The fraction of sp³-hybridized carbons (Fsp3) is 0.457. The van der Waals surface area contributed by atoms with Gasteiger partial charge in [-0.05, 0) is 81.6 Å². The van der Waals surface area contributed by atoms with E-state index < -0.39 is 0 Å². The van der Waals surface area contributed by atoms with Gasteiger partial charge in [0.05, 0.1) is 12.5 Å². The molecule has 8 heteroatoms. The standard InChI is InChI=1S/C35H46N6O2/c1-3-41(30-12-8-7-9-13-30)35-31-24-32(39-34(31)37-26-38-35)28-17-15-27(16-18-28)25-40(29-19-21-36-22-20-29)23-11-6-4-5-10-14-33(42)43-2/h7-9,12-13,15-18,24,26,29,36H,3-6,10-11,14,19-23,25H2,1-2H3,(H,37,38,39). The van der Waals surface area contributed by atoms with Crippen LogP contribution in [0.5, 0.6) is 0 Å². The normalized spacial score (nSPS) is 13.9. The van der Waals surface area contributed by atoms with Crippen molar-refractivity contribution in [1.29, 1.82) is 0 Å². The number of benzene rings is 2. The minimum Gasteiger partial charge on any atom is -0.469 e. The molecule has 1 saturated heterocycles. The van der Waals surface area contributed by atoms with Crippen LogP contribution in [0, 0.1) is 0 Å². The number of rotatable bonds is 15. The van der Waals surface area contributed by atoms with E-state index in [0.717, 1.165) is 79.4 Å². The number of methoxy groups -OCH3 is 1. The van der Waals surface area contributed by atoms with Gasteiger partial charge in [0.15, 0.2) is 0 Å². The number of esters is 1. The number of ether oxygens (including phenoxy) is 1. The summed E-state index contributed by atoms with van der Waals surface area (Å²) in [7, 11) is 1.46. The molecule has 1 aliphatic rings. The van der Waals surface area contributed by atoms with E-state index in [1.165, 1.54) is 44.8 Å². The molecule has 8 nitrogen and oxygen atoms in total. The lowest BCUT2D eigenvalue weighted by atomic mass is 10.0. The summed E-state index contributed by atoms with van der Waals surface area (Å²) in [5.74, 6) is 0.816. The minimum atomic E-state index is -0.0998. The summed E-state index contributed by atoms with van der Waals surface area (Å²) in [5, 5.41) is 4.54. The Morgan fingerprint density at radius 2 is 1.70 bits per heavy atom. The number of hydrogen-bond donors (Lipinski definition) is 2. The molecule has 5 rings (SSSR count). The number of anilines is 2. The molecule has 1 aliphatic heterocycles. The van der Waals surface area contributed by atoms with Crippen LogP contribution in [0.15, 0.2) is 67.0 Å². The molecular weight excluding hydrogens is 536 g/mol. The molecule has 0 unspecified atom stereocenters. The average Bonchev–Trinajstić information content (AvgIpc) is 3.50. The molecule has 43 heavy (non-hydrogen) atoms. The Hall–Kier alpha value is -3.75. The van der Waals surface area contributed by atoms with Gasteiger partial charge >= 0.3 is 5.97 Å². The molecular formula is C35H46N6O2. The zero-order valence-corrected chi connectivity index (χ0v) is 25.7. The second-order valence-electron chi connectivity index (χ2n) is 11.5. The highest BCUT2D eigenvalue weighted by Gasteiger charge is 2.21. The maximum atomic E-state index is 11.3. The number of H-pyrrole nitrogens is 1. The zero-order valence-electron chi connectivity index (χ0n) is 25.7. The first-order chi connectivity index (χ1) is 21.2. The maximum Gasteiger partial charge on any atom is 0.305 e. The van der Waals surface area contributed by atoms with Crippen molar-refractivity contribution in [3.05, 3.63) is 72.6 Å². The number of carbonyl (C=O) groups is 1. The first kappa shape index (κ1) is 30.7. The third-order valence-electron chi connectivity index (χ3n) is 8.57. The van der Waals surface area contributed by atoms with Crippen molar-refractivity contribution in [3.63, 3.8) is 0 Å². The highest BCUT2D eigenvalue weighted by Crippen LogP contribution is 2.32. The molecule has 2 N–H and O–H groups in total. The largest absolute Gasteiger partial charge is 0.469 e. The predicted octanol–water partition coefficient (Wildman–Crippen LogP) is 6.85. The molecule has 0 radical (unpaired) electrons. The van der Waals surface area contributed by atoms with Crippen molar-refractivity contribution in [2.75, 3.05) is 38.2 Å². The van der Waals surface area contributed by atoms with E-state index in [2.05, 4.69) is 91.6 Å². The van der Waals surface area contributed by atoms with Gasteiger partial charge in [0.25, 0.3) is 0 Å². The van der Waals surface area contributed by atoms with E-state index in [-0.39, 0.29) is 5.97 Å². The van der Waals surface area contributed by atoms with E-state index in [0.29, 0.717) is 12.5 Å². The van der Waals surface area contributed by atoms with Crippen LogP contribution in [0.4, 0.5) is 11.5 Å². The number of fused-ring (bicyclic) bond motifs is 1. The number of aromatic nitrogens is 3. The SMILES string of the molecule is CCN(c1ccccc1)c1ncnc2[nH]c(-c3ccc(CN(CCCCCCCC(=O)OC)C4CCNCC4)cc3)cc12. The van der Waals surface area contributed by atoms with Gasteiger partial charge in [-0.2, -0.15) is 0 Å². The van der Waals surface area contributed by atoms with E-state index in [4.69, 9.17) is 4.74 Å². The Bertz CT molecular complexity index is 1420. The van der Waals surface area contributed by atoms with Crippen LogP contribution < -0.4 is 10.2 Å². The van der Waals surface area contributed by atoms with Gasteiger partial charge < -0.3 is 19.9 Å². The smallest absolute Gasteiger partial charge is 0.305 e. The third kappa shape index (κ3) is 8.21. The fourth-order valence-corrected chi connectivity index (χ4v) is 6.16. The van der Waals surface area contributed by atoms with Crippen LogP contribution in [-0.2, 0) is 16.1 Å². The summed E-state index contributed by atoms with van der Waals surface area (Å²) in [6.45, 7) is 7.24. The van der Waals surface area contributed by atoms with Crippen molar-refractivity contribution >= 4 is 28.5 Å². The number of nitrogens with one attached hydrogen (secondary N) is 2. The summed E-state index contributed by atoms with van der Waals surface area (Å²) in [5.41, 5.74) is 5.51. The molecule has 0 aliphatic carbocycles. The quantitative estimate of drug-likeness (QED) is 0.117. The Morgan fingerprint density at radius 3 is 2.44 bits per heavy atom. The van der Waals surface area contributed by atoms with E-state index in [9.17, 15) is 4.79 Å². The molecule has 1 fully saturated rings. The lowest BCUT2D eigenvalue weighted by Gasteiger charge is -2.35. The number of hydrogen-bond acceptors (Lipinski definition) is 7. The average molecular weight is 583 g/mol. The van der Waals surface area contributed by atoms with E-state index in [1.807, 2.05) is 6.07 Å². The molecule has 0 amide bonds. The molecule has 2 aromatic carbocycles. The van der Waals surface area contributed by atoms with Gasteiger partial charge in [-0.25, -0.2) is 9.97 Å². The highest BCUT2D eigenvalue weighted by molar-refractivity contribution is 5.93. The monoisotopic (exact) mass is 582 g/mol. The van der Waals surface area contributed by atoms with Crippen LogP contribution in [0.25, 0.3) is 22.3 Å². The van der Waals surface area contributed by atoms with Crippen molar-refractivity contribution in [1.82, 2.24) is 25.2 Å². The van der Waals surface area contributed by atoms with Crippen LogP contribution in [-0.4, -0.2) is 65.2 Å². The van der Waals surface area contributed by atoms with Gasteiger partial charge in [0, 0.05) is 36.9 Å². The van der Waals surface area contributed by atoms with E-state index in [1.54, 1.807) is 6.33 Å². The molecule has 0 atom stereocenters. The fourth-order valence-electron chi connectivity index (χ4n) is 6.16. The van der Waals surface area contributed by atoms with E-state index >= 15 is 0 Å². The molecule has 0 spiro atoms. The first-order valence-electron chi connectivity index (χ1n) is 15.9. The number of unbranched alkanes of at least 4 members (excludes halogenated alkanes) is 4. The van der Waals surface area contributed by atoms with Crippen LogP contribution in [0.2, 0.25) is 0 Å². The van der Waals surface area contributed by atoms with Gasteiger partial charge in [0.1, 0.15) is 17.8 Å². The Balaban J connectivity index is 1.24. The van der Waals surface area contributed by atoms with Crippen molar-refractivity contribution < 1.29 is 9.53 Å². The van der Waals surface area contributed by atoms with Crippen molar-refractivity contribution in [2.45, 2.75) is 70.9 Å². The molecule has 0 saturated carbocycles. The van der Waals surface area contributed by atoms with Crippen LogP contribution >= 0.6 is 0 Å². The van der Waals surface area contributed by atoms with Gasteiger partial charge in [0.2, 0.25) is 0 Å². The second-order valence-corrected chi connectivity index (χ2v) is 11.5. The molecule has 228 valence electrons. The molecule has 3 heterocycles. The van der Waals surface area contributed by atoms with Gasteiger partial charge in [-0.3, -0.25) is 9.69 Å².